The topological polar surface area (TPSA) is 26.3 Å². The molecule has 1 rings (SSSR count). The van der Waals surface area contributed by atoms with Crippen LogP contribution in [0.1, 0.15) is 18.7 Å². The molecular formula is C10H13ClO2S. The second-order valence-electron chi connectivity index (χ2n) is 3.52. The average molecular weight is 233 g/mol. The van der Waals surface area contributed by atoms with Gasteiger partial charge < -0.3 is 4.74 Å². The molecule has 0 unspecified atom stereocenters. The van der Waals surface area contributed by atoms with Crippen LogP contribution in [0.3, 0.4) is 0 Å². The first-order chi connectivity index (χ1) is 6.45. The summed E-state index contributed by atoms with van der Waals surface area (Å²) >= 11 is 7.20. The highest BCUT2D eigenvalue weighted by Crippen LogP contribution is 2.23. The van der Waals surface area contributed by atoms with Gasteiger partial charge in [-0.25, -0.2) is 0 Å². The van der Waals surface area contributed by atoms with Crippen LogP contribution in [0.25, 0.3) is 0 Å². The quantitative estimate of drug-likeness (QED) is 0.798. The van der Waals surface area contributed by atoms with Crippen LogP contribution in [0.2, 0.25) is 4.34 Å². The number of carbonyl (C=O) groups excluding carboxylic acids is 1. The van der Waals surface area contributed by atoms with Crippen molar-refractivity contribution in [2.45, 2.75) is 25.9 Å². The molecule has 0 aliphatic heterocycles. The number of rotatable bonds is 4. The second kappa shape index (κ2) is 4.43. The number of carbonyl (C=O) groups is 1. The minimum Gasteiger partial charge on any atom is -0.371 e. The van der Waals surface area contributed by atoms with Gasteiger partial charge in [-0.3, -0.25) is 4.79 Å². The van der Waals surface area contributed by atoms with Gasteiger partial charge in [-0.1, -0.05) is 11.6 Å². The summed E-state index contributed by atoms with van der Waals surface area (Å²) in [5.41, 5.74) is -0.712. The molecule has 0 saturated heterocycles. The molecule has 14 heavy (non-hydrogen) atoms. The Hall–Kier alpha value is -0.380. The molecule has 4 heteroatoms. The predicted octanol–water partition coefficient (Wildman–Crippen LogP) is 2.94. The molecule has 1 aromatic heterocycles. The summed E-state index contributed by atoms with van der Waals surface area (Å²) < 4.78 is 5.81. The molecule has 1 aromatic rings. The van der Waals surface area contributed by atoms with Gasteiger partial charge in [-0.15, -0.1) is 11.3 Å². The van der Waals surface area contributed by atoms with Crippen LogP contribution in [-0.4, -0.2) is 18.5 Å². The van der Waals surface area contributed by atoms with E-state index in [2.05, 4.69) is 0 Å². The lowest BCUT2D eigenvalue weighted by Gasteiger charge is -2.20. The van der Waals surface area contributed by atoms with Gasteiger partial charge in [0, 0.05) is 18.4 Å². The van der Waals surface area contributed by atoms with E-state index in [9.17, 15) is 4.79 Å². The van der Waals surface area contributed by atoms with Crippen molar-refractivity contribution in [2.24, 2.45) is 0 Å². The Bertz CT molecular complexity index is 331. The molecule has 0 atom stereocenters. The van der Waals surface area contributed by atoms with Gasteiger partial charge in [0.2, 0.25) is 0 Å². The number of hydrogen-bond acceptors (Lipinski definition) is 3. The van der Waals surface area contributed by atoms with Crippen molar-refractivity contribution in [2.75, 3.05) is 7.11 Å². The number of ether oxygens (including phenoxy) is 1. The van der Waals surface area contributed by atoms with Gasteiger partial charge in [0.1, 0.15) is 5.60 Å². The summed E-state index contributed by atoms with van der Waals surface area (Å²) in [5.74, 6) is 0.0681. The number of ketones is 1. The molecule has 1 heterocycles. The minimum atomic E-state index is -0.712. The molecule has 0 aliphatic carbocycles. The number of halogens is 1. The Kier molecular flexibility index (Phi) is 3.70. The monoisotopic (exact) mass is 232 g/mol. The highest BCUT2D eigenvalue weighted by molar-refractivity contribution is 7.16. The third-order valence-corrected chi connectivity index (χ3v) is 3.38. The van der Waals surface area contributed by atoms with E-state index >= 15 is 0 Å². The maximum absolute atomic E-state index is 11.7. The van der Waals surface area contributed by atoms with Crippen LogP contribution in [0, 0.1) is 0 Å². The van der Waals surface area contributed by atoms with E-state index in [1.807, 2.05) is 6.07 Å². The van der Waals surface area contributed by atoms with Crippen LogP contribution >= 0.6 is 22.9 Å². The molecule has 0 fully saturated rings. The standard InChI is InChI=1S/C10H13ClO2S/c1-10(2,13-3)8(12)6-7-4-5-9(11)14-7/h4-5H,6H2,1-3H3. The highest BCUT2D eigenvalue weighted by atomic mass is 35.5. The van der Waals surface area contributed by atoms with Crippen LogP contribution < -0.4 is 0 Å². The van der Waals surface area contributed by atoms with Gasteiger partial charge in [-0.05, 0) is 26.0 Å². The fourth-order valence-corrected chi connectivity index (χ4v) is 2.02. The summed E-state index contributed by atoms with van der Waals surface area (Å²) in [6.07, 6.45) is 0.387. The number of hydrogen-bond donors (Lipinski definition) is 0. The molecule has 0 spiro atoms. The molecule has 78 valence electrons. The first kappa shape index (κ1) is 11.7. The molecule has 0 bridgehead atoms. The Morgan fingerprint density at radius 2 is 2.21 bits per heavy atom. The summed E-state index contributed by atoms with van der Waals surface area (Å²) in [6.45, 7) is 3.54. The third kappa shape index (κ3) is 2.80. The highest BCUT2D eigenvalue weighted by Gasteiger charge is 2.26. The van der Waals surface area contributed by atoms with Crippen LogP contribution in [-0.2, 0) is 16.0 Å². The smallest absolute Gasteiger partial charge is 0.169 e. The van der Waals surface area contributed by atoms with E-state index in [4.69, 9.17) is 16.3 Å². The summed E-state index contributed by atoms with van der Waals surface area (Å²) in [6, 6.07) is 3.67. The van der Waals surface area contributed by atoms with E-state index in [1.54, 1.807) is 27.0 Å². The molecule has 2 nitrogen and oxygen atoms in total. The fourth-order valence-electron chi connectivity index (χ4n) is 0.932. The molecule has 0 aromatic carbocycles. The number of methoxy groups -OCH3 is 1. The number of thiophene rings is 1. The number of Topliss-reactive ketones (excluding diaryl/α,β-unsaturated/α-hetero) is 1. The lowest BCUT2D eigenvalue weighted by Crippen LogP contribution is -2.34. The van der Waals surface area contributed by atoms with Gasteiger partial charge in [-0.2, -0.15) is 0 Å². The van der Waals surface area contributed by atoms with Gasteiger partial charge in [0.15, 0.2) is 5.78 Å². The van der Waals surface area contributed by atoms with Crippen LogP contribution in [0.4, 0.5) is 0 Å². The van der Waals surface area contributed by atoms with E-state index < -0.39 is 5.60 Å². The normalized spacial score (nSPS) is 11.7. The van der Waals surface area contributed by atoms with Crippen molar-refractivity contribution >= 4 is 28.7 Å². The zero-order valence-electron chi connectivity index (χ0n) is 8.46. The zero-order chi connectivity index (χ0) is 10.8. The minimum absolute atomic E-state index is 0.0681. The van der Waals surface area contributed by atoms with E-state index in [-0.39, 0.29) is 5.78 Å². The molecule has 0 amide bonds. The van der Waals surface area contributed by atoms with Crippen LogP contribution in [0.15, 0.2) is 12.1 Å². The molecule has 0 saturated carbocycles. The summed E-state index contributed by atoms with van der Waals surface area (Å²) in [4.78, 5) is 12.7. The Morgan fingerprint density at radius 1 is 1.57 bits per heavy atom. The largest absolute Gasteiger partial charge is 0.371 e. The van der Waals surface area contributed by atoms with Gasteiger partial charge in [0.05, 0.1) is 4.34 Å². The van der Waals surface area contributed by atoms with Crippen LogP contribution in [0.5, 0.6) is 0 Å². The molecule has 0 radical (unpaired) electrons. The lowest BCUT2D eigenvalue weighted by molar-refractivity contribution is -0.136. The Labute approximate surface area is 92.8 Å². The maximum Gasteiger partial charge on any atom is 0.169 e. The first-order valence-electron chi connectivity index (χ1n) is 4.28. The van der Waals surface area contributed by atoms with Crippen molar-refractivity contribution in [3.8, 4) is 0 Å². The zero-order valence-corrected chi connectivity index (χ0v) is 10.0. The van der Waals surface area contributed by atoms with Crippen molar-refractivity contribution in [3.05, 3.63) is 21.3 Å². The van der Waals surface area contributed by atoms with Crippen molar-refractivity contribution in [1.82, 2.24) is 0 Å². The molecule has 0 aliphatic rings. The van der Waals surface area contributed by atoms with E-state index in [1.165, 1.54) is 11.3 Å². The van der Waals surface area contributed by atoms with E-state index in [0.29, 0.717) is 10.8 Å². The molecule has 0 N–H and O–H groups in total. The summed E-state index contributed by atoms with van der Waals surface area (Å²) in [5, 5.41) is 0. The summed E-state index contributed by atoms with van der Waals surface area (Å²) in [7, 11) is 1.54. The lowest BCUT2D eigenvalue weighted by atomic mass is 10.0. The molecular weight excluding hydrogens is 220 g/mol. The predicted molar refractivity (Wildman–Crippen MR) is 59.1 cm³/mol. The van der Waals surface area contributed by atoms with E-state index in [0.717, 1.165) is 4.88 Å². The average Bonchev–Trinajstić information content (AvgIpc) is 2.51. The second-order valence-corrected chi connectivity index (χ2v) is 5.32. The van der Waals surface area contributed by atoms with Crippen molar-refractivity contribution < 1.29 is 9.53 Å². The maximum atomic E-state index is 11.7. The SMILES string of the molecule is COC(C)(C)C(=O)Cc1ccc(Cl)s1. The van der Waals surface area contributed by atoms with Crippen molar-refractivity contribution in [1.29, 1.82) is 0 Å². The van der Waals surface area contributed by atoms with Crippen molar-refractivity contribution in [3.63, 3.8) is 0 Å². The Morgan fingerprint density at radius 3 is 2.64 bits per heavy atom. The first-order valence-corrected chi connectivity index (χ1v) is 5.48. The van der Waals surface area contributed by atoms with Gasteiger partial charge >= 0.3 is 0 Å². The fraction of sp³-hybridized carbons (Fsp3) is 0.500. The Balaban J connectivity index is 2.66. The van der Waals surface area contributed by atoms with Gasteiger partial charge in [0.25, 0.3) is 0 Å². The third-order valence-electron chi connectivity index (χ3n) is 2.15.